The number of fused-ring (bicyclic) bond motifs is 1. The van der Waals surface area contributed by atoms with Crippen LogP contribution in [0.15, 0.2) is 30.5 Å². The fourth-order valence-electron chi connectivity index (χ4n) is 2.47. The van der Waals surface area contributed by atoms with Gasteiger partial charge in [-0.25, -0.2) is 0 Å². The second kappa shape index (κ2) is 6.76. The first-order valence-corrected chi connectivity index (χ1v) is 7.04. The number of rotatable bonds is 7. The van der Waals surface area contributed by atoms with E-state index in [0.29, 0.717) is 13.0 Å². The summed E-state index contributed by atoms with van der Waals surface area (Å²) in [6.07, 6.45) is 1.93. The molecule has 2 rings (SSSR count). The van der Waals surface area contributed by atoms with Crippen LogP contribution in [-0.2, 0) is 12.8 Å². The molecule has 2 nitrogen and oxygen atoms in total. The molecule has 0 aromatic heterocycles. The van der Waals surface area contributed by atoms with Gasteiger partial charge in [0.25, 0.3) is 0 Å². The van der Waals surface area contributed by atoms with E-state index in [9.17, 15) is 0 Å². The van der Waals surface area contributed by atoms with E-state index >= 15 is 0 Å². The van der Waals surface area contributed by atoms with E-state index in [4.69, 9.17) is 5.48 Å². The number of hydrogen-bond acceptors (Lipinski definition) is 2. The number of allylic oxidation sites excluding steroid dienone is 1. The fraction of sp³-hybridized carbons (Fsp3) is 0.529. The van der Waals surface area contributed by atoms with Crippen LogP contribution < -0.4 is 5.32 Å². The van der Waals surface area contributed by atoms with Crippen LogP contribution in [0.25, 0.3) is 0 Å². The van der Waals surface area contributed by atoms with Crippen molar-refractivity contribution in [1.82, 2.24) is 4.90 Å². The molecular weight excluding hydrogens is 232 g/mol. The third-order valence-electron chi connectivity index (χ3n) is 3.28. The zero-order chi connectivity index (χ0) is 17.3. The highest BCUT2D eigenvalue weighted by atomic mass is 15.1. The maximum Gasteiger partial charge on any atom is 0.0430 e. The summed E-state index contributed by atoms with van der Waals surface area (Å²) in [6, 6.07) is 6.04. The van der Waals surface area contributed by atoms with Crippen LogP contribution in [0.2, 0.25) is 0 Å². The molecule has 1 heterocycles. The van der Waals surface area contributed by atoms with Gasteiger partial charge < -0.3 is 10.2 Å². The quantitative estimate of drug-likeness (QED) is 0.803. The zero-order valence-electron chi connectivity index (χ0n) is 15.9. The number of hydrogen-bond donors (Lipinski definition) is 1. The molecule has 0 unspecified atom stereocenters. The third-order valence-corrected chi connectivity index (χ3v) is 3.28. The Bertz CT molecular complexity index is 568. The molecule has 0 bridgehead atoms. The minimum atomic E-state index is -1.65. The molecule has 1 aromatic rings. The zero-order valence-corrected chi connectivity index (χ0v) is 11.9. The first-order chi connectivity index (χ1) is 10.7. The Hall–Kier alpha value is -1.28. The molecule has 0 aliphatic carbocycles. The average Bonchev–Trinajstić information content (AvgIpc) is 2.88. The molecule has 0 saturated carbocycles. The SMILES string of the molecule is [2H]C([2H])(CC)N(CCc1cccc2c1CC(=C)N2)C([2H])([2H])CC. The molecule has 0 spiro atoms. The molecule has 1 N–H and O–H groups in total. The first-order valence-electron chi connectivity index (χ1n) is 9.04. The van der Waals surface area contributed by atoms with Gasteiger partial charge in [0.05, 0.1) is 0 Å². The summed E-state index contributed by atoms with van der Waals surface area (Å²) in [5.41, 5.74) is 4.37. The number of anilines is 1. The highest BCUT2D eigenvalue weighted by molar-refractivity contribution is 5.64. The van der Waals surface area contributed by atoms with E-state index in [1.54, 1.807) is 13.8 Å². The van der Waals surface area contributed by atoms with E-state index < -0.39 is 13.0 Å². The lowest BCUT2D eigenvalue weighted by atomic mass is 10.0. The van der Waals surface area contributed by atoms with Gasteiger partial charge in [-0.15, -0.1) is 0 Å². The minimum absolute atomic E-state index is 0.262. The molecule has 2 heteroatoms. The first kappa shape index (κ1) is 9.60. The van der Waals surface area contributed by atoms with Crippen molar-refractivity contribution >= 4 is 5.69 Å². The van der Waals surface area contributed by atoms with E-state index in [0.717, 1.165) is 23.4 Å². The molecule has 0 saturated heterocycles. The van der Waals surface area contributed by atoms with Gasteiger partial charge in [-0.1, -0.05) is 32.6 Å². The molecule has 0 atom stereocenters. The Kier molecular flexibility index (Phi) is 3.42. The van der Waals surface area contributed by atoms with Gasteiger partial charge in [0, 0.05) is 29.8 Å². The summed E-state index contributed by atoms with van der Waals surface area (Å²) in [4.78, 5) is 1.37. The molecule has 0 fully saturated rings. The van der Waals surface area contributed by atoms with Crippen LogP contribution in [-0.4, -0.2) is 24.4 Å². The molecule has 0 amide bonds. The molecule has 1 aliphatic rings. The summed E-state index contributed by atoms with van der Waals surface area (Å²) < 4.78 is 32.7. The van der Waals surface area contributed by atoms with Crippen molar-refractivity contribution in [2.45, 2.75) is 39.5 Å². The molecule has 1 aromatic carbocycles. The summed E-state index contributed by atoms with van der Waals surface area (Å²) in [7, 11) is 0. The summed E-state index contributed by atoms with van der Waals surface area (Å²) in [5, 5.41) is 3.25. The van der Waals surface area contributed by atoms with E-state index in [1.807, 2.05) is 18.2 Å². The molecule has 1 aliphatic heterocycles. The average molecular weight is 262 g/mol. The maximum atomic E-state index is 8.17. The largest absolute Gasteiger partial charge is 0.359 e. The Labute approximate surface area is 123 Å². The summed E-state index contributed by atoms with van der Waals surface area (Å²) in [6.45, 7) is 4.53. The van der Waals surface area contributed by atoms with Crippen molar-refractivity contribution in [2.75, 3.05) is 24.9 Å². The Balaban J connectivity index is 2.20. The second-order valence-corrected chi connectivity index (χ2v) is 4.77. The predicted molar refractivity (Wildman–Crippen MR) is 83.6 cm³/mol. The van der Waals surface area contributed by atoms with Crippen LogP contribution >= 0.6 is 0 Å². The van der Waals surface area contributed by atoms with Gasteiger partial charge in [0.15, 0.2) is 0 Å². The highest BCUT2D eigenvalue weighted by Gasteiger charge is 2.16. The lowest BCUT2D eigenvalue weighted by Gasteiger charge is -2.21. The van der Waals surface area contributed by atoms with Gasteiger partial charge in [-0.3, -0.25) is 0 Å². The molecule has 104 valence electrons. The monoisotopic (exact) mass is 262 g/mol. The van der Waals surface area contributed by atoms with Crippen molar-refractivity contribution in [3.63, 3.8) is 0 Å². The minimum Gasteiger partial charge on any atom is -0.359 e. The third kappa shape index (κ3) is 3.60. The molecular formula is C17H26N2. The predicted octanol–water partition coefficient (Wildman–Crippen LogP) is 3.83. The van der Waals surface area contributed by atoms with E-state index in [-0.39, 0.29) is 12.8 Å². The topological polar surface area (TPSA) is 15.3 Å². The van der Waals surface area contributed by atoms with Crippen molar-refractivity contribution in [3.8, 4) is 0 Å². The maximum absolute atomic E-state index is 8.17. The molecule has 19 heavy (non-hydrogen) atoms. The number of benzene rings is 1. The van der Waals surface area contributed by atoms with Gasteiger partial charge in [-0.05, 0) is 49.4 Å². The van der Waals surface area contributed by atoms with E-state index in [2.05, 4.69) is 11.9 Å². The Morgan fingerprint density at radius 3 is 2.74 bits per heavy atom. The van der Waals surface area contributed by atoms with Crippen molar-refractivity contribution in [3.05, 3.63) is 41.6 Å². The van der Waals surface area contributed by atoms with Crippen LogP contribution in [0.3, 0.4) is 0 Å². The van der Waals surface area contributed by atoms with Crippen LogP contribution in [0.4, 0.5) is 5.69 Å². The Morgan fingerprint density at radius 1 is 1.32 bits per heavy atom. The van der Waals surface area contributed by atoms with Crippen LogP contribution in [0.5, 0.6) is 0 Å². The smallest absolute Gasteiger partial charge is 0.0430 e. The second-order valence-electron chi connectivity index (χ2n) is 4.77. The normalized spacial score (nSPS) is 18.4. The van der Waals surface area contributed by atoms with Gasteiger partial charge in [0.2, 0.25) is 0 Å². The fourth-order valence-corrected chi connectivity index (χ4v) is 2.47. The summed E-state index contributed by atoms with van der Waals surface area (Å²) >= 11 is 0. The highest BCUT2D eigenvalue weighted by Crippen LogP contribution is 2.30. The van der Waals surface area contributed by atoms with Crippen LogP contribution in [0.1, 0.15) is 43.3 Å². The number of nitrogens with one attached hydrogen (secondary N) is 1. The summed E-state index contributed by atoms with van der Waals surface area (Å²) in [5.74, 6) is 0. The van der Waals surface area contributed by atoms with Crippen molar-refractivity contribution in [1.29, 1.82) is 0 Å². The lowest BCUT2D eigenvalue weighted by Crippen LogP contribution is -2.27. The van der Waals surface area contributed by atoms with Crippen molar-refractivity contribution < 1.29 is 5.48 Å². The van der Waals surface area contributed by atoms with Gasteiger partial charge in [0.1, 0.15) is 0 Å². The van der Waals surface area contributed by atoms with Crippen LogP contribution in [0, 0.1) is 0 Å². The van der Waals surface area contributed by atoms with Gasteiger partial charge in [-0.2, -0.15) is 0 Å². The van der Waals surface area contributed by atoms with Gasteiger partial charge >= 0.3 is 0 Å². The number of nitrogens with zero attached hydrogens (tertiary/aromatic N) is 1. The Morgan fingerprint density at radius 2 is 2.05 bits per heavy atom. The van der Waals surface area contributed by atoms with E-state index in [1.165, 1.54) is 10.5 Å². The molecule has 0 radical (unpaired) electrons. The standard InChI is InChI=1S/C17H26N2/c1-4-10-19(11-5-2)12-9-15-7-6-8-17-16(15)13-14(3)18-17/h6-8,18H,3-5,9-13H2,1-2H3/i10D2,11D2. The van der Waals surface area contributed by atoms with Crippen molar-refractivity contribution in [2.24, 2.45) is 0 Å². The lowest BCUT2D eigenvalue weighted by molar-refractivity contribution is 0.278.